The standard InChI is InChI=1S/2C23H30FNO3/c1-27-16-7-6-14-23(26,18-9-8-15-25-17-18)19-10-2-4-12-21(19)28-22-13-5-3-11-20(22)24;1-27-15-5-4-13-23(26,18-8-7-14-25-17-18)21-11-2-3-12-22(21)28-20-10-6-9-19(24)16-20/h2-5,10-13,18,25-26H,6-9,14-17H2,1H3;2-3,6,9-12,16,18,25-26H,4-5,7-8,13-15,17H2,1H3/t2*18-,23+/m11/s1. The molecule has 4 aromatic carbocycles. The highest BCUT2D eigenvalue weighted by Gasteiger charge is 2.42. The molecule has 2 aliphatic heterocycles. The number of aliphatic hydroxyl groups is 2. The lowest BCUT2D eigenvalue weighted by Crippen LogP contribution is -2.44. The van der Waals surface area contributed by atoms with Crippen molar-refractivity contribution in [3.05, 3.63) is 120 Å². The van der Waals surface area contributed by atoms with Gasteiger partial charge in [0.15, 0.2) is 11.6 Å². The molecule has 2 aliphatic rings. The Kier molecular flexibility index (Phi) is 17.1. The molecule has 2 saturated heterocycles. The van der Waals surface area contributed by atoms with E-state index < -0.39 is 17.0 Å². The minimum atomic E-state index is -1.04. The van der Waals surface area contributed by atoms with Gasteiger partial charge in [0.25, 0.3) is 0 Å². The van der Waals surface area contributed by atoms with Gasteiger partial charge in [-0.3, -0.25) is 0 Å². The number of benzene rings is 4. The summed E-state index contributed by atoms with van der Waals surface area (Å²) in [7, 11) is 3.38. The Morgan fingerprint density at radius 1 is 0.607 bits per heavy atom. The lowest BCUT2D eigenvalue weighted by Gasteiger charge is -2.40. The molecule has 0 bridgehead atoms. The predicted molar refractivity (Wildman–Crippen MR) is 216 cm³/mol. The number of halogens is 2. The normalized spacial score (nSPS) is 19.2. The highest BCUT2D eigenvalue weighted by atomic mass is 19.1. The van der Waals surface area contributed by atoms with Crippen molar-refractivity contribution < 1.29 is 37.9 Å². The Morgan fingerprint density at radius 2 is 1.11 bits per heavy atom. The molecule has 4 N–H and O–H groups in total. The average molecular weight is 775 g/mol. The van der Waals surface area contributed by atoms with Crippen molar-refractivity contribution in [1.29, 1.82) is 0 Å². The van der Waals surface area contributed by atoms with Crippen LogP contribution >= 0.6 is 0 Å². The van der Waals surface area contributed by atoms with E-state index in [0.717, 1.165) is 88.7 Å². The van der Waals surface area contributed by atoms with Gasteiger partial charge in [0.05, 0.1) is 11.2 Å². The summed E-state index contributed by atoms with van der Waals surface area (Å²) in [5, 5.41) is 30.6. The predicted octanol–water partition coefficient (Wildman–Crippen LogP) is 9.24. The maximum atomic E-state index is 14.1. The zero-order chi connectivity index (χ0) is 39.6. The monoisotopic (exact) mass is 774 g/mol. The van der Waals surface area contributed by atoms with Gasteiger partial charge in [-0.25, -0.2) is 8.78 Å². The molecule has 4 aromatic rings. The van der Waals surface area contributed by atoms with Crippen molar-refractivity contribution in [3.8, 4) is 23.0 Å². The van der Waals surface area contributed by atoms with Gasteiger partial charge in [-0.15, -0.1) is 0 Å². The first-order valence-electron chi connectivity index (χ1n) is 20.2. The summed E-state index contributed by atoms with van der Waals surface area (Å²) in [4.78, 5) is 0. The number of methoxy groups -OCH3 is 2. The Morgan fingerprint density at radius 3 is 1.59 bits per heavy atom. The second-order valence-corrected chi connectivity index (χ2v) is 14.9. The van der Waals surface area contributed by atoms with Gasteiger partial charge in [0, 0.05) is 69.6 Å². The van der Waals surface area contributed by atoms with Crippen molar-refractivity contribution in [1.82, 2.24) is 10.6 Å². The van der Waals surface area contributed by atoms with E-state index in [9.17, 15) is 19.0 Å². The molecule has 4 atom stereocenters. The van der Waals surface area contributed by atoms with E-state index in [1.54, 1.807) is 50.6 Å². The Balaban J connectivity index is 0.000000214. The Hall–Kier alpha value is -3.90. The summed E-state index contributed by atoms with van der Waals surface area (Å²) in [6.07, 6.45) is 8.70. The second kappa shape index (κ2) is 22.1. The Bertz CT molecular complexity index is 1750. The number of ether oxygens (including phenoxy) is 4. The van der Waals surface area contributed by atoms with E-state index in [-0.39, 0.29) is 23.4 Å². The van der Waals surface area contributed by atoms with Crippen LogP contribution in [-0.2, 0) is 20.7 Å². The minimum absolute atomic E-state index is 0.0779. The number of piperidine rings is 2. The average Bonchev–Trinajstić information content (AvgIpc) is 3.23. The summed E-state index contributed by atoms with van der Waals surface area (Å²) in [5.41, 5.74) is -0.552. The highest BCUT2D eigenvalue weighted by Crippen LogP contribution is 2.45. The molecule has 304 valence electrons. The first kappa shape index (κ1) is 43.2. The molecule has 0 saturated carbocycles. The molecule has 0 aromatic heterocycles. The van der Waals surface area contributed by atoms with Gasteiger partial charge in [-0.05, 0) is 114 Å². The van der Waals surface area contributed by atoms with Crippen molar-refractivity contribution in [2.45, 2.75) is 75.4 Å². The third-order valence-corrected chi connectivity index (χ3v) is 11.0. The van der Waals surface area contributed by atoms with Crippen LogP contribution in [0.1, 0.15) is 75.3 Å². The van der Waals surface area contributed by atoms with Crippen LogP contribution in [0.5, 0.6) is 23.0 Å². The fourth-order valence-corrected chi connectivity index (χ4v) is 8.05. The molecule has 0 unspecified atom stereocenters. The van der Waals surface area contributed by atoms with E-state index in [1.807, 2.05) is 42.5 Å². The summed E-state index contributed by atoms with van der Waals surface area (Å²) in [5.74, 6) is 1.09. The zero-order valence-electron chi connectivity index (χ0n) is 33.0. The fraction of sp³-hybridized carbons (Fsp3) is 0.478. The third-order valence-electron chi connectivity index (χ3n) is 11.0. The van der Waals surface area contributed by atoms with Crippen LogP contribution in [0.2, 0.25) is 0 Å². The summed E-state index contributed by atoms with van der Waals surface area (Å²) < 4.78 is 50.0. The molecule has 2 fully saturated rings. The van der Waals surface area contributed by atoms with Gasteiger partial charge < -0.3 is 39.8 Å². The Labute approximate surface area is 331 Å². The summed E-state index contributed by atoms with van der Waals surface area (Å²) >= 11 is 0. The van der Waals surface area contributed by atoms with Crippen LogP contribution in [0, 0.1) is 23.5 Å². The van der Waals surface area contributed by atoms with Crippen LogP contribution in [0.3, 0.4) is 0 Å². The van der Waals surface area contributed by atoms with Crippen LogP contribution in [0.25, 0.3) is 0 Å². The smallest absolute Gasteiger partial charge is 0.165 e. The maximum absolute atomic E-state index is 14.1. The first-order chi connectivity index (χ1) is 27.3. The molecule has 0 aliphatic carbocycles. The van der Waals surface area contributed by atoms with Gasteiger partial charge >= 0.3 is 0 Å². The SMILES string of the molecule is COCCCC[C@@](O)(c1ccccc1Oc1cccc(F)c1)[C@@H]1CCCNC1.COCCCC[C@@](O)(c1ccccc1Oc1ccccc1F)[C@@H]1CCCNC1. The van der Waals surface area contributed by atoms with E-state index in [0.29, 0.717) is 43.3 Å². The maximum Gasteiger partial charge on any atom is 0.165 e. The van der Waals surface area contributed by atoms with Gasteiger partial charge in [0.2, 0.25) is 0 Å². The van der Waals surface area contributed by atoms with Gasteiger partial charge in [0.1, 0.15) is 23.1 Å². The molecule has 2 heterocycles. The summed E-state index contributed by atoms with van der Waals surface area (Å²) in [6.45, 7) is 4.85. The number of rotatable bonds is 18. The molecule has 6 rings (SSSR count). The molecule has 56 heavy (non-hydrogen) atoms. The number of nitrogens with one attached hydrogen (secondary N) is 2. The highest BCUT2D eigenvalue weighted by molar-refractivity contribution is 5.43. The van der Waals surface area contributed by atoms with E-state index in [1.165, 1.54) is 18.2 Å². The molecule has 0 radical (unpaired) electrons. The molecule has 0 amide bonds. The number of para-hydroxylation sites is 3. The molecule has 0 spiro atoms. The van der Waals surface area contributed by atoms with Crippen molar-refractivity contribution in [2.24, 2.45) is 11.8 Å². The van der Waals surface area contributed by atoms with Crippen LogP contribution in [0.4, 0.5) is 8.78 Å². The van der Waals surface area contributed by atoms with Gasteiger partial charge in [-0.2, -0.15) is 0 Å². The zero-order valence-corrected chi connectivity index (χ0v) is 33.0. The van der Waals surface area contributed by atoms with Crippen molar-refractivity contribution in [3.63, 3.8) is 0 Å². The van der Waals surface area contributed by atoms with Gasteiger partial charge in [-0.1, -0.05) is 54.6 Å². The second-order valence-electron chi connectivity index (χ2n) is 14.9. The van der Waals surface area contributed by atoms with Crippen LogP contribution in [-0.4, -0.2) is 63.8 Å². The van der Waals surface area contributed by atoms with Crippen LogP contribution < -0.4 is 20.1 Å². The minimum Gasteiger partial charge on any atom is -0.457 e. The van der Waals surface area contributed by atoms with Crippen molar-refractivity contribution in [2.75, 3.05) is 53.6 Å². The quantitative estimate of drug-likeness (QED) is 0.0743. The number of hydrogen-bond donors (Lipinski definition) is 4. The molecule has 10 heteroatoms. The van der Waals surface area contributed by atoms with E-state index in [4.69, 9.17) is 18.9 Å². The summed E-state index contributed by atoms with van der Waals surface area (Å²) in [6, 6.07) is 27.5. The first-order valence-corrected chi connectivity index (χ1v) is 20.2. The molecular weight excluding hydrogens is 715 g/mol. The molecule has 8 nitrogen and oxygen atoms in total. The van der Waals surface area contributed by atoms with Crippen LogP contribution in [0.15, 0.2) is 97.1 Å². The largest absolute Gasteiger partial charge is 0.457 e. The number of unbranched alkanes of at least 4 members (excludes halogenated alkanes) is 2. The van der Waals surface area contributed by atoms with E-state index >= 15 is 0 Å². The fourth-order valence-electron chi connectivity index (χ4n) is 8.05. The number of hydrogen-bond acceptors (Lipinski definition) is 8. The topological polar surface area (TPSA) is 101 Å². The third kappa shape index (κ3) is 11.8. The van der Waals surface area contributed by atoms with Crippen molar-refractivity contribution >= 4 is 0 Å². The lowest BCUT2D eigenvalue weighted by atomic mass is 9.74. The molecular formula is C46H60F2N2O6. The van der Waals surface area contributed by atoms with E-state index in [2.05, 4.69) is 10.6 Å². The lowest BCUT2D eigenvalue weighted by molar-refractivity contribution is -0.0450.